The number of pyridine rings is 1. The van der Waals surface area contributed by atoms with Gasteiger partial charge >= 0.3 is 17.3 Å². The zero-order valence-electron chi connectivity index (χ0n) is 19.2. The summed E-state index contributed by atoms with van der Waals surface area (Å²) in [5.41, 5.74) is 0.214. The van der Waals surface area contributed by atoms with Crippen molar-refractivity contribution in [2.24, 2.45) is 0 Å². The highest BCUT2D eigenvalue weighted by Crippen LogP contribution is 2.24. The molecule has 0 saturated heterocycles. The molecule has 0 bridgehead atoms. The molecule has 36 heavy (non-hydrogen) atoms. The fourth-order valence-corrected chi connectivity index (χ4v) is 3.52. The van der Waals surface area contributed by atoms with Crippen molar-refractivity contribution in [2.75, 3.05) is 5.32 Å². The minimum atomic E-state index is -1.12. The molecule has 0 aliphatic carbocycles. The number of carbonyl (C=O) groups is 1. The lowest BCUT2D eigenvalue weighted by atomic mass is 10.2. The van der Waals surface area contributed by atoms with Gasteiger partial charge in [0.25, 0.3) is 0 Å². The van der Waals surface area contributed by atoms with Crippen LogP contribution in [0.15, 0.2) is 76.4 Å². The number of aromatic nitrogens is 4. The molecule has 2 aromatic heterocycles. The molecular weight excluding hydrogens is 486 g/mol. The lowest BCUT2D eigenvalue weighted by Gasteiger charge is -2.16. The Balaban J connectivity index is 1.59. The molecule has 2 N–H and O–H groups in total. The number of hydrogen-bond donors (Lipinski definition) is 2. The van der Waals surface area contributed by atoms with Crippen LogP contribution in [0.3, 0.4) is 0 Å². The summed E-state index contributed by atoms with van der Waals surface area (Å²) in [7, 11) is 0. The number of halogens is 1. The van der Waals surface area contributed by atoms with Crippen LogP contribution >= 0.6 is 11.6 Å². The quantitative estimate of drug-likeness (QED) is 0.346. The summed E-state index contributed by atoms with van der Waals surface area (Å²) in [6, 6.07) is 16.7. The number of ether oxygens (including phenoxy) is 1. The zero-order chi connectivity index (χ0) is 25.7. The Bertz CT molecular complexity index is 1480. The second kappa shape index (κ2) is 10.9. The number of carboxylic acids is 1. The van der Waals surface area contributed by atoms with Gasteiger partial charge in [0.05, 0.1) is 12.7 Å². The van der Waals surface area contributed by atoms with E-state index in [0.717, 1.165) is 10.1 Å². The molecule has 0 amide bonds. The van der Waals surface area contributed by atoms with E-state index in [2.05, 4.69) is 15.3 Å². The molecule has 0 saturated carbocycles. The Hall–Kier alpha value is -4.44. The van der Waals surface area contributed by atoms with Gasteiger partial charge in [-0.05, 0) is 60.5 Å². The van der Waals surface area contributed by atoms with Crippen LogP contribution in [0.1, 0.15) is 29.4 Å². The first-order chi connectivity index (χ1) is 17.3. The van der Waals surface area contributed by atoms with E-state index >= 15 is 0 Å². The van der Waals surface area contributed by atoms with Crippen LogP contribution in [0.5, 0.6) is 11.5 Å². The number of nitrogens with zero attached hydrogens (tertiary/aromatic N) is 4. The third-order valence-electron chi connectivity index (χ3n) is 5.15. The van der Waals surface area contributed by atoms with Crippen LogP contribution in [0, 0.1) is 0 Å². The summed E-state index contributed by atoms with van der Waals surface area (Å²) in [6.45, 7) is 2.33. The largest absolute Gasteiger partial charge is 0.477 e. The number of hydrogen-bond acceptors (Lipinski definition) is 7. The van der Waals surface area contributed by atoms with E-state index in [1.54, 1.807) is 48.5 Å². The summed E-state index contributed by atoms with van der Waals surface area (Å²) < 4.78 is 8.21. The van der Waals surface area contributed by atoms with Gasteiger partial charge in [0.2, 0.25) is 5.95 Å². The Morgan fingerprint density at radius 1 is 1.00 bits per heavy atom. The minimum Gasteiger partial charge on any atom is -0.477 e. The predicted molar refractivity (Wildman–Crippen MR) is 135 cm³/mol. The van der Waals surface area contributed by atoms with Gasteiger partial charge in [0.1, 0.15) is 17.2 Å². The fourth-order valence-electron chi connectivity index (χ4n) is 3.39. The van der Waals surface area contributed by atoms with E-state index in [4.69, 9.17) is 21.4 Å². The topological polar surface area (TPSA) is 128 Å². The molecule has 0 unspecified atom stereocenters. The third kappa shape index (κ3) is 5.78. The first kappa shape index (κ1) is 24.7. The second-order valence-corrected chi connectivity index (χ2v) is 8.24. The van der Waals surface area contributed by atoms with Crippen molar-refractivity contribution < 1.29 is 14.6 Å². The lowest BCUT2D eigenvalue weighted by molar-refractivity contribution is 0.0690. The molecule has 2 heterocycles. The summed E-state index contributed by atoms with van der Waals surface area (Å²) in [5, 5.41) is 12.6. The molecule has 0 spiro atoms. The maximum absolute atomic E-state index is 13.1. The molecule has 2 aromatic carbocycles. The van der Waals surface area contributed by atoms with E-state index in [0.29, 0.717) is 28.6 Å². The molecule has 184 valence electrons. The maximum atomic E-state index is 13.1. The highest BCUT2D eigenvalue weighted by atomic mass is 35.5. The van der Waals surface area contributed by atoms with E-state index < -0.39 is 17.3 Å². The molecular formula is C25H22ClN5O5. The zero-order valence-corrected chi connectivity index (χ0v) is 20.0. The fraction of sp³-hybridized carbons (Fsp3) is 0.160. The van der Waals surface area contributed by atoms with Crippen molar-refractivity contribution in [3.63, 3.8) is 0 Å². The number of benzene rings is 2. The van der Waals surface area contributed by atoms with Crippen LogP contribution in [0.4, 0.5) is 11.6 Å². The molecule has 0 aliphatic heterocycles. The number of rotatable bonds is 9. The number of aromatic carboxylic acids is 1. The third-order valence-corrected chi connectivity index (χ3v) is 5.40. The van der Waals surface area contributed by atoms with Gasteiger partial charge in [-0.15, -0.1) is 0 Å². The molecule has 10 nitrogen and oxygen atoms in total. The predicted octanol–water partition coefficient (Wildman–Crippen LogP) is 4.15. The van der Waals surface area contributed by atoms with Gasteiger partial charge in [-0.3, -0.25) is 4.57 Å². The van der Waals surface area contributed by atoms with E-state index in [-0.39, 0.29) is 24.7 Å². The van der Waals surface area contributed by atoms with E-state index in [1.165, 1.54) is 22.9 Å². The standard InChI is InChI=1S/C25H22ClN5O5/c1-2-13-30-24(34)29-23(31(25(30)35)15-16-3-5-17(26)6-4-16)28-18-7-9-19(10-8-18)36-20-11-12-21(22(32)33)27-14-20/h3-12,14H,2,13,15H2,1H3,(H,32,33)(H,28,29,34). The Morgan fingerprint density at radius 3 is 2.31 bits per heavy atom. The smallest absolute Gasteiger partial charge is 0.354 e. The van der Waals surface area contributed by atoms with Crippen molar-refractivity contribution in [3.8, 4) is 11.5 Å². The van der Waals surface area contributed by atoms with Crippen LogP contribution in [0.25, 0.3) is 0 Å². The Labute approximate surface area is 210 Å². The number of anilines is 2. The molecule has 11 heteroatoms. The van der Waals surface area contributed by atoms with Crippen LogP contribution < -0.4 is 21.4 Å². The van der Waals surface area contributed by atoms with Gasteiger partial charge in [0, 0.05) is 17.3 Å². The average molecular weight is 508 g/mol. The molecule has 0 fully saturated rings. The monoisotopic (exact) mass is 507 g/mol. The van der Waals surface area contributed by atoms with Crippen molar-refractivity contribution >= 4 is 29.2 Å². The van der Waals surface area contributed by atoms with Crippen LogP contribution in [-0.2, 0) is 13.1 Å². The van der Waals surface area contributed by atoms with Gasteiger partial charge in [0.15, 0.2) is 0 Å². The number of nitrogens with one attached hydrogen (secondary N) is 1. The van der Waals surface area contributed by atoms with Gasteiger partial charge in [-0.1, -0.05) is 30.7 Å². The Kier molecular flexibility index (Phi) is 7.45. The number of carboxylic acid groups (broad SMARTS) is 1. The van der Waals surface area contributed by atoms with Crippen LogP contribution in [0.2, 0.25) is 5.02 Å². The molecule has 0 aliphatic rings. The molecule has 0 radical (unpaired) electrons. The highest BCUT2D eigenvalue weighted by Gasteiger charge is 2.14. The molecule has 4 aromatic rings. The summed E-state index contributed by atoms with van der Waals surface area (Å²) in [6.07, 6.45) is 1.93. The first-order valence-electron chi connectivity index (χ1n) is 11.0. The first-order valence-corrected chi connectivity index (χ1v) is 11.4. The molecule has 4 rings (SSSR count). The van der Waals surface area contributed by atoms with Gasteiger partial charge in [-0.25, -0.2) is 23.9 Å². The summed E-state index contributed by atoms with van der Waals surface area (Å²) in [4.78, 5) is 44.5. The maximum Gasteiger partial charge on any atom is 0.354 e. The van der Waals surface area contributed by atoms with Crippen molar-refractivity contribution in [1.29, 1.82) is 0 Å². The summed E-state index contributed by atoms with van der Waals surface area (Å²) in [5.74, 6) is -0.161. The van der Waals surface area contributed by atoms with Crippen molar-refractivity contribution in [1.82, 2.24) is 19.1 Å². The van der Waals surface area contributed by atoms with E-state index in [1.807, 2.05) is 6.92 Å². The second-order valence-electron chi connectivity index (χ2n) is 7.80. The highest BCUT2D eigenvalue weighted by molar-refractivity contribution is 6.30. The van der Waals surface area contributed by atoms with Crippen molar-refractivity contribution in [2.45, 2.75) is 26.4 Å². The Morgan fingerprint density at radius 2 is 1.69 bits per heavy atom. The van der Waals surface area contributed by atoms with Gasteiger partial charge in [-0.2, -0.15) is 4.98 Å². The normalized spacial score (nSPS) is 10.7. The average Bonchev–Trinajstić information content (AvgIpc) is 2.87. The van der Waals surface area contributed by atoms with E-state index in [9.17, 15) is 14.4 Å². The van der Waals surface area contributed by atoms with Crippen LogP contribution in [-0.4, -0.2) is 30.2 Å². The van der Waals surface area contributed by atoms with Crippen molar-refractivity contribution in [3.05, 3.63) is 104 Å². The minimum absolute atomic E-state index is 0.0834. The van der Waals surface area contributed by atoms with Gasteiger partial charge < -0.3 is 15.2 Å². The summed E-state index contributed by atoms with van der Waals surface area (Å²) >= 11 is 5.98. The SMILES string of the molecule is CCCn1c(=O)nc(Nc2ccc(Oc3ccc(C(=O)O)nc3)cc2)n(Cc2ccc(Cl)cc2)c1=O. The molecule has 0 atom stereocenters. The lowest BCUT2D eigenvalue weighted by Crippen LogP contribution is -2.42.